The van der Waals surface area contributed by atoms with E-state index in [-0.39, 0.29) is 11.5 Å². The largest absolute Gasteiger partial charge is 0.351 e. The highest BCUT2D eigenvalue weighted by atomic mass is 16.2. The fraction of sp³-hybridized carbons (Fsp3) is 0.278. The smallest absolute Gasteiger partial charge is 0.274 e. The maximum absolute atomic E-state index is 12.4. The molecule has 2 heterocycles. The van der Waals surface area contributed by atoms with E-state index >= 15 is 0 Å². The quantitative estimate of drug-likeness (QED) is 0.795. The van der Waals surface area contributed by atoms with Gasteiger partial charge in [0.05, 0.1) is 23.7 Å². The van der Waals surface area contributed by atoms with Gasteiger partial charge in [-0.3, -0.25) is 9.59 Å². The number of carbonyl (C=O) groups excluding carboxylic acids is 1. The van der Waals surface area contributed by atoms with E-state index in [1.165, 1.54) is 4.68 Å². The molecular formula is C18H20N4O2. The van der Waals surface area contributed by atoms with Gasteiger partial charge >= 0.3 is 0 Å². The first kappa shape index (κ1) is 16.0. The van der Waals surface area contributed by atoms with Gasteiger partial charge in [0.2, 0.25) is 0 Å². The minimum absolute atomic E-state index is 0.134. The number of hydrogen-bond acceptors (Lipinski definition) is 3. The normalized spacial score (nSPS) is 11.0. The second-order valence-corrected chi connectivity index (χ2v) is 5.86. The lowest BCUT2D eigenvalue weighted by Crippen LogP contribution is -2.32. The Morgan fingerprint density at radius 3 is 2.71 bits per heavy atom. The lowest BCUT2D eigenvalue weighted by Gasteiger charge is -2.08. The number of amides is 1. The predicted octanol–water partition coefficient (Wildman–Crippen LogP) is 1.78. The van der Waals surface area contributed by atoms with Gasteiger partial charge in [0.1, 0.15) is 0 Å². The van der Waals surface area contributed by atoms with Gasteiger partial charge in [-0.1, -0.05) is 18.2 Å². The number of hydrogen-bond donors (Lipinski definition) is 1. The summed E-state index contributed by atoms with van der Waals surface area (Å²) in [5.74, 6) is -0.134. The summed E-state index contributed by atoms with van der Waals surface area (Å²) in [6.45, 7) is 4.55. The number of benzene rings is 1. The second-order valence-electron chi connectivity index (χ2n) is 5.86. The van der Waals surface area contributed by atoms with E-state index in [4.69, 9.17) is 0 Å². The molecule has 0 bridgehead atoms. The lowest BCUT2D eigenvalue weighted by molar-refractivity contribution is 0.0951. The molecule has 0 spiro atoms. The SMILES string of the molecule is Cc1cc(C(=O)NCCn2ncc3ccccc3c2=O)c(C)n1C. The molecule has 3 rings (SSSR count). The molecule has 0 unspecified atom stereocenters. The molecule has 6 nitrogen and oxygen atoms in total. The van der Waals surface area contributed by atoms with E-state index in [1.807, 2.05) is 49.7 Å². The molecule has 0 fully saturated rings. The molecule has 0 saturated carbocycles. The van der Waals surface area contributed by atoms with Crippen LogP contribution in [0.5, 0.6) is 0 Å². The van der Waals surface area contributed by atoms with Crippen LogP contribution in [0.1, 0.15) is 21.7 Å². The third-order valence-electron chi connectivity index (χ3n) is 4.39. The van der Waals surface area contributed by atoms with Gasteiger partial charge in [0.15, 0.2) is 0 Å². The Morgan fingerprint density at radius 1 is 1.25 bits per heavy atom. The predicted molar refractivity (Wildman–Crippen MR) is 93.2 cm³/mol. The summed E-state index contributed by atoms with van der Waals surface area (Å²) in [6, 6.07) is 9.21. The Morgan fingerprint density at radius 2 is 2.00 bits per heavy atom. The molecule has 1 aromatic carbocycles. The third-order valence-corrected chi connectivity index (χ3v) is 4.39. The molecule has 0 aliphatic carbocycles. The Hall–Kier alpha value is -2.89. The van der Waals surface area contributed by atoms with Crippen LogP contribution in [-0.4, -0.2) is 26.8 Å². The fourth-order valence-corrected chi connectivity index (χ4v) is 2.74. The van der Waals surface area contributed by atoms with Gasteiger partial charge in [-0.15, -0.1) is 0 Å². The summed E-state index contributed by atoms with van der Waals surface area (Å²) in [5.41, 5.74) is 2.47. The monoisotopic (exact) mass is 324 g/mol. The molecule has 0 aliphatic heterocycles. The Bertz CT molecular complexity index is 969. The maximum Gasteiger partial charge on any atom is 0.274 e. The van der Waals surface area contributed by atoms with E-state index < -0.39 is 0 Å². The van der Waals surface area contributed by atoms with Crippen molar-refractivity contribution >= 4 is 16.7 Å². The zero-order valence-electron chi connectivity index (χ0n) is 14.0. The number of carbonyl (C=O) groups is 1. The molecule has 1 amide bonds. The minimum Gasteiger partial charge on any atom is -0.351 e. The van der Waals surface area contributed by atoms with Crippen molar-refractivity contribution in [1.29, 1.82) is 0 Å². The van der Waals surface area contributed by atoms with Crippen molar-refractivity contribution < 1.29 is 4.79 Å². The van der Waals surface area contributed by atoms with Crippen molar-refractivity contribution in [2.75, 3.05) is 6.54 Å². The molecule has 6 heteroatoms. The lowest BCUT2D eigenvalue weighted by atomic mass is 10.2. The van der Waals surface area contributed by atoms with Crippen LogP contribution in [0.15, 0.2) is 41.3 Å². The highest BCUT2D eigenvalue weighted by Crippen LogP contribution is 2.12. The molecule has 24 heavy (non-hydrogen) atoms. The molecule has 2 aromatic heterocycles. The summed E-state index contributed by atoms with van der Waals surface area (Å²) < 4.78 is 3.36. The first-order valence-electron chi connectivity index (χ1n) is 7.85. The molecule has 0 atom stereocenters. The number of fused-ring (bicyclic) bond motifs is 1. The summed E-state index contributed by atoms with van der Waals surface area (Å²) >= 11 is 0. The van der Waals surface area contributed by atoms with Gasteiger partial charge in [-0.2, -0.15) is 5.10 Å². The third kappa shape index (κ3) is 2.82. The average molecular weight is 324 g/mol. The second kappa shape index (κ2) is 6.31. The number of nitrogens with zero attached hydrogens (tertiary/aromatic N) is 3. The van der Waals surface area contributed by atoms with Crippen LogP contribution in [-0.2, 0) is 13.6 Å². The Labute approximate surface area is 139 Å². The summed E-state index contributed by atoms with van der Waals surface area (Å²) in [6.07, 6.45) is 1.67. The van der Waals surface area contributed by atoms with Crippen LogP contribution in [0.2, 0.25) is 0 Å². The van der Waals surface area contributed by atoms with Crippen molar-refractivity contribution in [3.05, 3.63) is 63.8 Å². The van der Waals surface area contributed by atoms with E-state index in [0.717, 1.165) is 16.8 Å². The Balaban J connectivity index is 1.70. The summed E-state index contributed by atoms with van der Waals surface area (Å²) in [7, 11) is 1.93. The number of aromatic nitrogens is 3. The van der Waals surface area contributed by atoms with Gasteiger partial charge in [0.25, 0.3) is 11.5 Å². The molecule has 0 aliphatic rings. The molecule has 0 saturated heterocycles. The van der Waals surface area contributed by atoms with Crippen LogP contribution >= 0.6 is 0 Å². The van der Waals surface area contributed by atoms with Crippen LogP contribution in [0, 0.1) is 13.8 Å². The highest BCUT2D eigenvalue weighted by Gasteiger charge is 2.13. The van der Waals surface area contributed by atoms with Gasteiger partial charge in [-0.05, 0) is 26.0 Å². The zero-order valence-corrected chi connectivity index (χ0v) is 14.0. The van der Waals surface area contributed by atoms with E-state index in [9.17, 15) is 9.59 Å². The first-order valence-corrected chi connectivity index (χ1v) is 7.85. The van der Waals surface area contributed by atoms with Crippen LogP contribution in [0.4, 0.5) is 0 Å². The average Bonchev–Trinajstić information content (AvgIpc) is 2.84. The zero-order chi connectivity index (χ0) is 17.3. The van der Waals surface area contributed by atoms with Crippen molar-refractivity contribution in [1.82, 2.24) is 19.7 Å². The molecule has 1 N–H and O–H groups in total. The molecule has 0 radical (unpaired) electrons. The summed E-state index contributed by atoms with van der Waals surface area (Å²) in [4.78, 5) is 24.6. The van der Waals surface area contributed by atoms with E-state index in [2.05, 4.69) is 10.4 Å². The highest BCUT2D eigenvalue weighted by molar-refractivity contribution is 5.95. The topological polar surface area (TPSA) is 68.9 Å². The van der Waals surface area contributed by atoms with Gasteiger partial charge in [-0.25, -0.2) is 4.68 Å². The first-order chi connectivity index (χ1) is 11.5. The standard InChI is InChI=1S/C18H20N4O2/c1-12-10-16(13(2)21(12)3)17(23)19-8-9-22-18(24)15-7-5-4-6-14(15)11-20-22/h4-7,10-11H,8-9H2,1-3H3,(H,19,23). The number of aryl methyl sites for hydroxylation is 1. The van der Waals surface area contributed by atoms with Crippen molar-refractivity contribution in [3.63, 3.8) is 0 Å². The minimum atomic E-state index is -0.144. The number of nitrogens with one attached hydrogen (secondary N) is 1. The van der Waals surface area contributed by atoms with E-state index in [1.54, 1.807) is 12.3 Å². The maximum atomic E-state index is 12.4. The van der Waals surface area contributed by atoms with Crippen molar-refractivity contribution in [2.24, 2.45) is 7.05 Å². The molecular weight excluding hydrogens is 304 g/mol. The molecule has 3 aromatic rings. The molecule has 124 valence electrons. The Kier molecular flexibility index (Phi) is 4.20. The van der Waals surface area contributed by atoms with Crippen LogP contribution in [0.25, 0.3) is 10.8 Å². The van der Waals surface area contributed by atoms with E-state index in [0.29, 0.717) is 24.0 Å². The van der Waals surface area contributed by atoms with Crippen LogP contribution in [0.3, 0.4) is 0 Å². The van der Waals surface area contributed by atoms with Gasteiger partial charge in [0, 0.05) is 30.4 Å². The van der Waals surface area contributed by atoms with Crippen LogP contribution < -0.4 is 10.9 Å². The van der Waals surface area contributed by atoms with Gasteiger partial charge < -0.3 is 9.88 Å². The number of rotatable bonds is 4. The van der Waals surface area contributed by atoms with Crippen molar-refractivity contribution in [3.8, 4) is 0 Å². The summed E-state index contributed by atoms with van der Waals surface area (Å²) in [5, 5.41) is 8.46. The van der Waals surface area contributed by atoms with Crippen molar-refractivity contribution in [2.45, 2.75) is 20.4 Å². The fourth-order valence-electron chi connectivity index (χ4n) is 2.74.